The average molecular weight is 808 g/mol. The van der Waals surface area contributed by atoms with Gasteiger partial charge in [0.05, 0.1) is 19.3 Å². The molecule has 14 nitrogen and oxygen atoms in total. The molecule has 2 aromatic rings. The molecule has 2 aliphatic rings. The molecular weight excluding hydrogens is 739 g/mol. The smallest absolute Gasteiger partial charge is 0.312 e. The van der Waals surface area contributed by atoms with E-state index in [9.17, 15) is 28.8 Å². The van der Waals surface area contributed by atoms with Gasteiger partial charge in [0, 0.05) is 31.4 Å². The highest BCUT2D eigenvalue weighted by Crippen LogP contribution is 2.41. The van der Waals surface area contributed by atoms with Crippen molar-refractivity contribution in [1.82, 2.24) is 36.3 Å². The Bertz CT molecular complexity index is 1550. The molecule has 2 fully saturated rings. The Hall–Kier alpha value is -4.72. The van der Waals surface area contributed by atoms with Crippen molar-refractivity contribution in [3.05, 3.63) is 60.2 Å². The first-order chi connectivity index (χ1) is 27.8. The molecule has 1 saturated heterocycles. The lowest BCUT2D eigenvalue weighted by atomic mass is 9.83. The van der Waals surface area contributed by atoms with Gasteiger partial charge in [-0.15, -0.1) is 0 Å². The Kier molecular flexibility index (Phi) is 23.1. The molecule has 1 aromatic heterocycles. The Morgan fingerprint density at radius 1 is 0.879 bits per heavy atom. The summed E-state index contributed by atoms with van der Waals surface area (Å²) in [6.07, 6.45) is 16.8. The standard InChI is InChI=1S/C34H45N7O7.C7H16.C3H8/c1-34(2,3)29(39-28(43)14-9-15-37-30(44)24-19-35-16-17-36-24)33(47)41-25-13-8-7-12-23(25)18-26(41)31(45)38-20-27(42)32(46)40-48-21-22-10-5-4-6-11-22;1-3-5-7-6-4-2;1-3-2/h4-6,10-11,16-17,19,23,25-26,29H,7-9,12-15,18,20-21H2,1-3H3,(H,37,44)(H,38,45)(H,39,43)(H,40,46);3-7H2,1-2H3;3H2,1-2H3. The minimum atomic E-state index is -0.997. The molecule has 4 atom stereocenters. The molecule has 0 spiro atoms. The zero-order valence-corrected chi connectivity index (χ0v) is 35.9. The van der Waals surface area contributed by atoms with Gasteiger partial charge >= 0.3 is 5.91 Å². The summed E-state index contributed by atoms with van der Waals surface area (Å²) < 4.78 is 0. The van der Waals surface area contributed by atoms with Crippen LogP contribution in [0.15, 0.2) is 48.9 Å². The third-order valence-electron chi connectivity index (χ3n) is 9.86. The van der Waals surface area contributed by atoms with Crippen molar-refractivity contribution in [3.8, 4) is 0 Å². The van der Waals surface area contributed by atoms with Gasteiger partial charge in [-0.3, -0.25) is 38.6 Å². The fourth-order valence-corrected chi connectivity index (χ4v) is 6.86. The van der Waals surface area contributed by atoms with E-state index in [1.165, 1.54) is 57.1 Å². The number of carbonyl (C=O) groups is 6. The van der Waals surface area contributed by atoms with Gasteiger partial charge in [0.2, 0.25) is 23.5 Å². The summed E-state index contributed by atoms with van der Waals surface area (Å²) in [5.74, 6) is -3.42. The second-order valence-electron chi connectivity index (χ2n) is 16.0. The number of Topliss-reactive ketones (excluding diaryl/α,β-unsaturated/α-hetero) is 1. The van der Waals surface area contributed by atoms with Crippen LogP contribution in [0, 0.1) is 11.3 Å². The number of carbonyl (C=O) groups excluding carboxylic acids is 6. The monoisotopic (exact) mass is 808 g/mol. The highest BCUT2D eigenvalue weighted by Gasteiger charge is 2.50. The number of hydroxylamine groups is 1. The number of rotatable bonds is 18. The molecule has 58 heavy (non-hydrogen) atoms. The second kappa shape index (κ2) is 27.1. The van der Waals surface area contributed by atoms with Crippen molar-refractivity contribution in [2.45, 2.75) is 157 Å². The van der Waals surface area contributed by atoms with Gasteiger partial charge in [-0.25, -0.2) is 10.5 Å². The third-order valence-corrected chi connectivity index (χ3v) is 9.86. The van der Waals surface area contributed by atoms with Gasteiger partial charge in [-0.1, -0.05) is 130 Å². The van der Waals surface area contributed by atoms with Crippen molar-refractivity contribution in [1.29, 1.82) is 0 Å². The Morgan fingerprint density at radius 2 is 1.55 bits per heavy atom. The molecule has 2 heterocycles. The molecule has 4 N–H and O–H groups in total. The van der Waals surface area contributed by atoms with E-state index in [0.29, 0.717) is 12.8 Å². The van der Waals surface area contributed by atoms with Crippen molar-refractivity contribution < 1.29 is 33.6 Å². The molecule has 1 aliphatic carbocycles. The van der Waals surface area contributed by atoms with E-state index in [4.69, 9.17) is 4.84 Å². The van der Waals surface area contributed by atoms with Crippen molar-refractivity contribution in [2.75, 3.05) is 13.1 Å². The van der Waals surface area contributed by atoms with Crippen molar-refractivity contribution >= 4 is 35.3 Å². The fraction of sp³-hybridized carbons (Fsp3) is 0.636. The van der Waals surface area contributed by atoms with E-state index in [1.54, 1.807) is 17.0 Å². The fourth-order valence-electron chi connectivity index (χ4n) is 6.86. The SMILES string of the molecule is CC(C)(C)C(NC(=O)CCCNC(=O)c1cnccn1)C(=O)N1C(C(=O)NCC(=O)C(=O)NOCc2ccccc2)CC2CCCCC21.CCC.CCCCCCC. The minimum absolute atomic E-state index is 0.0653. The highest BCUT2D eigenvalue weighted by atomic mass is 16.7. The van der Waals surface area contributed by atoms with Crippen LogP contribution in [-0.2, 0) is 35.4 Å². The van der Waals surface area contributed by atoms with Gasteiger partial charge in [0.1, 0.15) is 17.8 Å². The van der Waals surface area contributed by atoms with Crippen LogP contribution in [0.5, 0.6) is 0 Å². The molecule has 1 aromatic carbocycles. The number of hydrogen-bond donors (Lipinski definition) is 4. The quantitative estimate of drug-likeness (QED) is 0.0796. The number of fused-ring (bicyclic) bond motifs is 1. The number of aromatic nitrogens is 2. The number of ketones is 1. The Morgan fingerprint density at radius 3 is 2.17 bits per heavy atom. The molecule has 5 amide bonds. The van der Waals surface area contributed by atoms with E-state index in [-0.39, 0.29) is 49.0 Å². The Labute approximate surface area is 345 Å². The number of likely N-dealkylation sites (tertiary alicyclic amines) is 1. The molecule has 0 bridgehead atoms. The summed E-state index contributed by atoms with van der Waals surface area (Å²) in [5.41, 5.74) is 2.39. The molecule has 0 radical (unpaired) electrons. The zero-order chi connectivity index (χ0) is 42.9. The van der Waals surface area contributed by atoms with Crippen LogP contribution >= 0.6 is 0 Å². The topological polar surface area (TPSA) is 189 Å². The van der Waals surface area contributed by atoms with Crippen LogP contribution in [0.3, 0.4) is 0 Å². The first kappa shape index (κ1) is 49.4. The number of benzene rings is 1. The van der Waals surface area contributed by atoms with E-state index < -0.39 is 47.5 Å². The number of nitrogens with one attached hydrogen (secondary N) is 4. The van der Waals surface area contributed by atoms with Gasteiger partial charge in [0.15, 0.2) is 0 Å². The van der Waals surface area contributed by atoms with Gasteiger partial charge in [-0.2, -0.15) is 0 Å². The van der Waals surface area contributed by atoms with Gasteiger partial charge in [0.25, 0.3) is 5.91 Å². The van der Waals surface area contributed by atoms with Crippen LogP contribution < -0.4 is 21.4 Å². The average Bonchev–Trinajstić information content (AvgIpc) is 3.61. The summed E-state index contributed by atoms with van der Waals surface area (Å²) in [6.45, 7) is 14.0. The van der Waals surface area contributed by atoms with E-state index in [2.05, 4.69) is 59.1 Å². The molecule has 14 heteroatoms. The maximum Gasteiger partial charge on any atom is 0.312 e. The number of nitrogens with zero attached hydrogens (tertiary/aromatic N) is 3. The lowest BCUT2D eigenvalue weighted by molar-refractivity contribution is -0.148. The highest BCUT2D eigenvalue weighted by molar-refractivity contribution is 6.37. The molecule has 1 saturated carbocycles. The van der Waals surface area contributed by atoms with Crippen molar-refractivity contribution in [2.24, 2.45) is 11.3 Å². The minimum Gasteiger partial charge on any atom is -0.351 e. The summed E-state index contributed by atoms with van der Waals surface area (Å²) in [5, 5.41) is 8.14. The zero-order valence-electron chi connectivity index (χ0n) is 35.9. The lowest BCUT2D eigenvalue weighted by Crippen LogP contribution is -2.60. The van der Waals surface area contributed by atoms with E-state index >= 15 is 0 Å². The first-order valence-electron chi connectivity index (χ1n) is 21.2. The van der Waals surface area contributed by atoms with Crippen LogP contribution in [0.25, 0.3) is 0 Å². The van der Waals surface area contributed by atoms with E-state index in [0.717, 1.165) is 31.2 Å². The molecule has 1 aliphatic heterocycles. The van der Waals surface area contributed by atoms with Crippen LogP contribution in [-0.4, -0.2) is 81.4 Å². The lowest BCUT2D eigenvalue weighted by Gasteiger charge is -2.39. The first-order valence-corrected chi connectivity index (χ1v) is 21.2. The number of hydrogen-bond acceptors (Lipinski definition) is 9. The molecule has 4 unspecified atom stereocenters. The van der Waals surface area contributed by atoms with Crippen LogP contribution in [0.1, 0.15) is 148 Å². The normalized spacial score (nSPS) is 17.5. The maximum atomic E-state index is 14.3. The second-order valence-corrected chi connectivity index (χ2v) is 16.0. The predicted octanol–water partition coefficient (Wildman–Crippen LogP) is 6.00. The molecular formula is C44H69N7O7. The number of amides is 5. The predicted molar refractivity (Wildman–Crippen MR) is 224 cm³/mol. The van der Waals surface area contributed by atoms with E-state index in [1.807, 2.05) is 39.0 Å². The summed E-state index contributed by atoms with van der Waals surface area (Å²) in [6, 6.07) is 7.14. The summed E-state index contributed by atoms with van der Waals surface area (Å²) in [4.78, 5) is 92.3. The Balaban J connectivity index is 0.00000103. The summed E-state index contributed by atoms with van der Waals surface area (Å²) >= 11 is 0. The molecule has 322 valence electrons. The largest absolute Gasteiger partial charge is 0.351 e. The van der Waals surface area contributed by atoms with Crippen molar-refractivity contribution in [3.63, 3.8) is 0 Å². The maximum absolute atomic E-state index is 14.3. The molecule has 4 rings (SSSR count). The third kappa shape index (κ3) is 17.4. The van der Waals surface area contributed by atoms with Gasteiger partial charge in [-0.05, 0) is 42.6 Å². The number of unbranched alkanes of at least 4 members (excludes halogenated alkanes) is 4. The summed E-state index contributed by atoms with van der Waals surface area (Å²) in [7, 11) is 0. The van der Waals surface area contributed by atoms with Crippen LogP contribution in [0.4, 0.5) is 0 Å². The van der Waals surface area contributed by atoms with Gasteiger partial charge < -0.3 is 20.9 Å². The van der Waals surface area contributed by atoms with Crippen LogP contribution in [0.2, 0.25) is 0 Å².